The highest BCUT2D eigenvalue weighted by Gasteiger charge is 2.14. The van der Waals surface area contributed by atoms with Crippen molar-refractivity contribution in [2.75, 3.05) is 5.33 Å². The summed E-state index contributed by atoms with van der Waals surface area (Å²) in [4.78, 5) is 14.6. The van der Waals surface area contributed by atoms with Gasteiger partial charge in [0.05, 0.1) is 10.9 Å². The van der Waals surface area contributed by atoms with Crippen molar-refractivity contribution < 1.29 is 9.18 Å². The molecule has 12 heavy (non-hydrogen) atoms. The van der Waals surface area contributed by atoms with Crippen LogP contribution in [-0.2, 0) is 0 Å². The van der Waals surface area contributed by atoms with Gasteiger partial charge in [0, 0.05) is 6.20 Å². The minimum absolute atomic E-state index is 0.0370. The lowest BCUT2D eigenvalue weighted by molar-refractivity contribution is 0.102. The zero-order valence-corrected chi connectivity index (χ0v) is 8.19. The van der Waals surface area contributed by atoms with E-state index >= 15 is 0 Å². The maximum Gasteiger partial charge on any atom is 0.179 e. The van der Waals surface area contributed by atoms with E-state index in [-0.39, 0.29) is 16.0 Å². The van der Waals surface area contributed by atoms with E-state index in [2.05, 4.69) is 20.9 Å². The molecule has 0 bridgehead atoms. The molecule has 2 nitrogen and oxygen atoms in total. The first kappa shape index (κ1) is 9.61. The summed E-state index contributed by atoms with van der Waals surface area (Å²) in [5.41, 5.74) is -0.156. The van der Waals surface area contributed by atoms with Gasteiger partial charge in [-0.2, -0.15) is 0 Å². The van der Waals surface area contributed by atoms with Crippen LogP contribution in [0.3, 0.4) is 0 Å². The lowest BCUT2D eigenvalue weighted by Gasteiger charge is -1.99. The highest BCUT2D eigenvalue weighted by atomic mass is 79.9. The fraction of sp³-hybridized carbons (Fsp3) is 0.143. The molecule has 0 aliphatic heterocycles. The molecule has 0 aliphatic carbocycles. The molecule has 0 spiro atoms. The molecule has 1 heterocycles. The molecule has 0 radical (unpaired) electrons. The van der Waals surface area contributed by atoms with Crippen LogP contribution in [0, 0.1) is 5.82 Å². The summed E-state index contributed by atoms with van der Waals surface area (Å²) >= 11 is 8.43. The molecular formula is C7H4BrClFNO. The Labute approximate surface area is 81.9 Å². The maximum atomic E-state index is 12.9. The summed E-state index contributed by atoms with van der Waals surface area (Å²) in [6.45, 7) is 0. The predicted octanol–water partition coefficient (Wildman–Crippen LogP) is 2.45. The Balaban J connectivity index is 3.21. The lowest BCUT2D eigenvalue weighted by atomic mass is 10.2. The fourth-order valence-corrected chi connectivity index (χ4v) is 1.26. The average Bonchev–Trinajstić information content (AvgIpc) is 2.03. The quantitative estimate of drug-likeness (QED) is 0.460. The monoisotopic (exact) mass is 251 g/mol. The molecule has 5 heteroatoms. The second-order valence-corrected chi connectivity index (χ2v) is 2.93. The summed E-state index contributed by atoms with van der Waals surface area (Å²) in [7, 11) is 0. The van der Waals surface area contributed by atoms with Crippen molar-refractivity contribution in [1.29, 1.82) is 0 Å². The Morgan fingerprint density at radius 2 is 2.42 bits per heavy atom. The highest BCUT2D eigenvalue weighted by molar-refractivity contribution is 9.09. The molecule has 0 saturated heterocycles. The van der Waals surface area contributed by atoms with Crippen LogP contribution in [0.5, 0.6) is 0 Å². The van der Waals surface area contributed by atoms with Crippen molar-refractivity contribution in [3.05, 3.63) is 28.8 Å². The number of carbonyl (C=O) groups is 1. The minimum Gasteiger partial charge on any atom is -0.293 e. The highest BCUT2D eigenvalue weighted by Crippen LogP contribution is 2.17. The average molecular weight is 252 g/mol. The zero-order valence-electron chi connectivity index (χ0n) is 5.85. The first-order valence-electron chi connectivity index (χ1n) is 3.06. The third-order valence-electron chi connectivity index (χ3n) is 1.25. The second kappa shape index (κ2) is 3.96. The van der Waals surface area contributed by atoms with Crippen molar-refractivity contribution in [3.63, 3.8) is 0 Å². The van der Waals surface area contributed by atoms with Crippen LogP contribution in [0.25, 0.3) is 0 Å². The van der Waals surface area contributed by atoms with Crippen LogP contribution in [0.2, 0.25) is 5.15 Å². The van der Waals surface area contributed by atoms with E-state index in [1.807, 2.05) is 0 Å². The van der Waals surface area contributed by atoms with Crippen molar-refractivity contribution in [2.45, 2.75) is 0 Å². The van der Waals surface area contributed by atoms with Crippen molar-refractivity contribution in [2.24, 2.45) is 0 Å². The first-order valence-corrected chi connectivity index (χ1v) is 4.56. The number of alkyl halides is 1. The van der Waals surface area contributed by atoms with E-state index in [0.717, 1.165) is 6.07 Å². The topological polar surface area (TPSA) is 30.0 Å². The summed E-state index contributed by atoms with van der Waals surface area (Å²) in [5.74, 6) is -1.05. The van der Waals surface area contributed by atoms with E-state index < -0.39 is 11.6 Å². The molecule has 1 rings (SSSR count). The summed E-state index contributed by atoms with van der Waals surface area (Å²) in [6.07, 6.45) is 1.21. The van der Waals surface area contributed by atoms with Crippen LogP contribution < -0.4 is 0 Å². The fourth-order valence-electron chi connectivity index (χ4n) is 0.730. The van der Waals surface area contributed by atoms with Gasteiger partial charge >= 0.3 is 0 Å². The van der Waals surface area contributed by atoms with Gasteiger partial charge in [0.1, 0.15) is 11.0 Å². The van der Waals surface area contributed by atoms with Gasteiger partial charge < -0.3 is 0 Å². The predicted molar refractivity (Wildman–Crippen MR) is 47.3 cm³/mol. The number of pyridine rings is 1. The van der Waals surface area contributed by atoms with Crippen LogP contribution in [0.4, 0.5) is 4.39 Å². The Hall–Kier alpha value is -0.480. The molecule has 0 fully saturated rings. The molecule has 0 N–H and O–H groups in total. The van der Waals surface area contributed by atoms with E-state index in [0.29, 0.717) is 0 Å². The molecule has 0 aromatic carbocycles. The third kappa shape index (κ3) is 1.81. The maximum absolute atomic E-state index is 12.9. The Kier molecular flexibility index (Phi) is 3.17. The number of carbonyl (C=O) groups excluding carboxylic acids is 1. The number of rotatable bonds is 2. The normalized spacial score (nSPS) is 9.92. The zero-order chi connectivity index (χ0) is 9.14. The smallest absolute Gasteiger partial charge is 0.179 e. The largest absolute Gasteiger partial charge is 0.293 e. The second-order valence-electron chi connectivity index (χ2n) is 2.02. The van der Waals surface area contributed by atoms with Crippen LogP contribution in [-0.4, -0.2) is 16.1 Å². The van der Waals surface area contributed by atoms with Crippen LogP contribution in [0.1, 0.15) is 10.4 Å². The third-order valence-corrected chi connectivity index (χ3v) is 2.05. The molecule has 0 amide bonds. The number of nitrogens with zero attached hydrogens (tertiary/aromatic N) is 1. The molecule has 0 saturated carbocycles. The van der Waals surface area contributed by atoms with E-state index in [4.69, 9.17) is 11.6 Å². The molecule has 0 aliphatic rings. The summed E-state index contributed by atoms with van der Waals surface area (Å²) < 4.78 is 12.9. The first-order chi connectivity index (χ1) is 5.66. The van der Waals surface area contributed by atoms with Gasteiger partial charge in [-0.15, -0.1) is 0 Å². The minimum atomic E-state index is -0.639. The standard InChI is InChI=1S/C7H4BrClFNO/c8-3-5(12)6-4(10)1-2-11-7(6)9/h1-2H,3H2. The number of hydrogen-bond acceptors (Lipinski definition) is 2. The molecule has 64 valence electrons. The molecule has 0 unspecified atom stereocenters. The number of halogens is 3. The van der Waals surface area contributed by atoms with Gasteiger partial charge in [-0.1, -0.05) is 27.5 Å². The van der Waals surface area contributed by atoms with Gasteiger partial charge in [-0.25, -0.2) is 9.37 Å². The summed E-state index contributed by atoms with van der Waals surface area (Å²) in [5, 5.41) is -0.0607. The number of hydrogen-bond donors (Lipinski definition) is 0. The molecule has 1 aromatic heterocycles. The van der Waals surface area contributed by atoms with Gasteiger partial charge in [0.2, 0.25) is 0 Å². The Bertz CT molecular complexity index is 298. The summed E-state index contributed by atoms with van der Waals surface area (Å²) in [6, 6.07) is 1.10. The van der Waals surface area contributed by atoms with Crippen molar-refractivity contribution >= 4 is 33.3 Å². The van der Waals surface area contributed by atoms with E-state index in [9.17, 15) is 9.18 Å². The SMILES string of the molecule is O=C(CBr)c1c(F)ccnc1Cl. The van der Waals surface area contributed by atoms with Gasteiger partial charge in [0.25, 0.3) is 0 Å². The van der Waals surface area contributed by atoms with Gasteiger partial charge in [-0.3, -0.25) is 4.79 Å². The van der Waals surface area contributed by atoms with E-state index in [1.165, 1.54) is 6.20 Å². The lowest BCUT2D eigenvalue weighted by Crippen LogP contribution is -2.05. The van der Waals surface area contributed by atoms with Gasteiger partial charge in [0.15, 0.2) is 5.78 Å². The Morgan fingerprint density at radius 3 is 2.92 bits per heavy atom. The van der Waals surface area contributed by atoms with Crippen molar-refractivity contribution in [1.82, 2.24) is 4.98 Å². The Morgan fingerprint density at radius 1 is 1.75 bits per heavy atom. The molecular weight excluding hydrogens is 248 g/mol. The van der Waals surface area contributed by atoms with Crippen LogP contribution in [0.15, 0.2) is 12.3 Å². The number of aromatic nitrogens is 1. The number of ketones is 1. The van der Waals surface area contributed by atoms with Gasteiger partial charge in [-0.05, 0) is 6.07 Å². The molecule has 0 atom stereocenters. The van der Waals surface area contributed by atoms with Crippen molar-refractivity contribution in [3.8, 4) is 0 Å². The van der Waals surface area contributed by atoms with E-state index in [1.54, 1.807) is 0 Å². The molecule has 1 aromatic rings. The van der Waals surface area contributed by atoms with Crippen LogP contribution >= 0.6 is 27.5 Å². The number of Topliss-reactive ketones (excluding diaryl/α,β-unsaturated/α-hetero) is 1.